The first kappa shape index (κ1) is 16.7. The number of aromatic amines is 1. The average Bonchev–Trinajstić information content (AvgIpc) is 3.41. The molecular weight excluding hydrogens is 324 g/mol. The third kappa shape index (κ3) is 3.74. The molecule has 4 rings (SSSR count). The number of carbonyl (C=O) groups is 1. The summed E-state index contributed by atoms with van der Waals surface area (Å²) in [5.41, 5.74) is 2.79. The Morgan fingerprint density at radius 2 is 2.00 bits per heavy atom. The third-order valence-corrected chi connectivity index (χ3v) is 4.96. The Morgan fingerprint density at radius 1 is 1.19 bits per heavy atom. The summed E-state index contributed by atoms with van der Waals surface area (Å²) in [6.45, 7) is 2.59. The van der Waals surface area contributed by atoms with Gasteiger partial charge in [-0.1, -0.05) is 30.3 Å². The summed E-state index contributed by atoms with van der Waals surface area (Å²) in [6, 6.07) is 18.3. The molecule has 1 amide bonds. The Kier molecular flexibility index (Phi) is 4.65. The van der Waals surface area contributed by atoms with Crippen LogP contribution in [0.5, 0.6) is 5.75 Å². The fraction of sp³-hybridized carbons (Fsp3) is 0.318. The van der Waals surface area contributed by atoms with E-state index >= 15 is 0 Å². The predicted octanol–water partition coefficient (Wildman–Crippen LogP) is 4.32. The van der Waals surface area contributed by atoms with E-state index in [1.807, 2.05) is 37.3 Å². The molecule has 0 spiro atoms. The molecule has 1 unspecified atom stereocenters. The van der Waals surface area contributed by atoms with Gasteiger partial charge >= 0.3 is 0 Å². The van der Waals surface area contributed by atoms with Crippen LogP contribution in [0.1, 0.15) is 35.8 Å². The van der Waals surface area contributed by atoms with Crippen molar-refractivity contribution in [3.8, 4) is 5.75 Å². The van der Waals surface area contributed by atoms with Crippen molar-refractivity contribution < 1.29 is 9.53 Å². The minimum atomic E-state index is -0.0352. The molecule has 2 aromatic carbocycles. The van der Waals surface area contributed by atoms with Gasteiger partial charge in [0, 0.05) is 23.0 Å². The van der Waals surface area contributed by atoms with Crippen LogP contribution in [-0.4, -0.2) is 23.5 Å². The highest BCUT2D eigenvalue weighted by Gasteiger charge is 2.32. The number of aromatic nitrogens is 1. The van der Waals surface area contributed by atoms with Gasteiger partial charge < -0.3 is 15.0 Å². The minimum absolute atomic E-state index is 0.0352. The average molecular weight is 348 g/mol. The van der Waals surface area contributed by atoms with Crippen molar-refractivity contribution in [3.05, 3.63) is 65.9 Å². The van der Waals surface area contributed by atoms with Crippen molar-refractivity contribution in [1.82, 2.24) is 10.3 Å². The van der Waals surface area contributed by atoms with Crippen molar-refractivity contribution in [2.45, 2.75) is 32.2 Å². The van der Waals surface area contributed by atoms with Crippen LogP contribution in [0, 0.1) is 5.92 Å². The van der Waals surface area contributed by atoms with E-state index in [2.05, 4.69) is 34.6 Å². The van der Waals surface area contributed by atoms with Gasteiger partial charge in [0.15, 0.2) is 0 Å². The first-order valence-corrected chi connectivity index (χ1v) is 9.33. The number of carbonyl (C=O) groups excluding carboxylic acids is 1. The standard InChI is InChI=1S/C22H24N2O2/c1-2-26-18-11-10-17-13-21(23-20(17)14-18)22(25)24-19(16-8-9-16)12-15-6-4-3-5-7-15/h3-7,10-11,13-14,16,19,23H,2,8-9,12H2,1H3,(H,24,25). The number of nitrogens with one attached hydrogen (secondary N) is 2. The van der Waals surface area contributed by atoms with Crippen molar-refractivity contribution in [1.29, 1.82) is 0 Å². The topological polar surface area (TPSA) is 54.1 Å². The van der Waals surface area contributed by atoms with Gasteiger partial charge in [0.05, 0.1) is 6.61 Å². The van der Waals surface area contributed by atoms with Crippen molar-refractivity contribution in [2.75, 3.05) is 6.61 Å². The molecule has 1 saturated carbocycles. The Morgan fingerprint density at radius 3 is 2.73 bits per heavy atom. The highest BCUT2D eigenvalue weighted by molar-refractivity contribution is 5.98. The van der Waals surface area contributed by atoms with E-state index in [1.165, 1.54) is 18.4 Å². The lowest BCUT2D eigenvalue weighted by Crippen LogP contribution is -2.38. The number of benzene rings is 2. The minimum Gasteiger partial charge on any atom is -0.494 e. The van der Waals surface area contributed by atoms with Gasteiger partial charge in [-0.05, 0) is 55.9 Å². The molecule has 0 radical (unpaired) electrons. The second-order valence-electron chi connectivity index (χ2n) is 6.97. The van der Waals surface area contributed by atoms with Crippen molar-refractivity contribution >= 4 is 16.8 Å². The third-order valence-electron chi connectivity index (χ3n) is 4.96. The van der Waals surface area contributed by atoms with E-state index in [0.29, 0.717) is 18.2 Å². The molecule has 4 nitrogen and oxygen atoms in total. The molecule has 1 aliphatic carbocycles. The maximum absolute atomic E-state index is 12.8. The smallest absolute Gasteiger partial charge is 0.267 e. The largest absolute Gasteiger partial charge is 0.494 e. The molecule has 3 aromatic rings. The first-order chi connectivity index (χ1) is 12.7. The Bertz CT molecular complexity index is 897. The van der Waals surface area contributed by atoms with Gasteiger partial charge in [-0.2, -0.15) is 0 Å². The maximum Gasteiger partial charge on any atom is 0.267 e. The number of hydrogen-bond donors (Lipinski definition) is 2. The zero-order valence-corrected chi connectivity index (χ0v) is 15.0. The number of ether oxygens (including phenoxy) is 1. The monoisotopic (exact) mass is 348 g/mol. The summed E-state index contributed by atoms with van der Waals surface area (Å²) in [5, 5.41) is 4.26. The lowest BCUT2D eigenvalue weighted by Gasteiger charge is -2.18. The van der Waals surface area contributed by atoms with Crippen LogP contribution in [0.4, 0.5) is 0 Å². The SMILES string of the molecule is CCOc1ccc2cc(C(=O)NC(Cc3ccccc3)C3CC3)[nH]c2c1. The summed E-state index contributed by atoms with van der Waals surface area (Å²) < 4.78 is 5.53. The lowest BCUT2D eigenvalue weighted by molar-refractivity contribution is 0.0927. The van der Waals surface area contributed by atoms with Crippen LogP contribution in [0.3, 0.4) is 0 Å². The summed E-state index contributed by atoms with van der Waals surface area (Å²) in [6.07, 6.45) is 3.27. The van der Waals surface area contributed by atoms with Crippen LogP contribution in [0.2, 0.25) is 0 Å². The van der Waals surface area contributed by atoms with Crippen LogP contribution < -0.4 is 10.1 Å². The molecule has 0 saturated heterocycles. The van der Waals surface area contributed by atoms with E-state index in [-0.39, 0.29) is 11.9 Å². The van der Waals surface area contributed by atoms with Crippen LogP contribution in [-0.2, 0) is 6.42 Å². The van der Waals surface area contributed by atoms with Gasteiger partial charge in [-0.3, -0.25) is 4.79 Å². The maximum atomic E-state index is 12.8. The number of hydrogen-bond acceptors (Lipinski definition) is 2. The van der Waals surface area contributed by atoms with Gasteiger partial charge in [-0.25, -0.2) is 0 Å². The fourth-order valence-corrected chi connectivity index (χ4v) is 3.43. The molecule has 0 bridgehead atoms. The summed E-state index contributed by atoms with van der Waals surface area (Å²) >= 11 is 0. The van der Waals surface area contributed by atoms with Gasteiger partial charge in [0.1, 0.15) is 11.4 Å². The number of amides is 1. The summed E-state index contributed by atoms with van der Waals surface area (Å²) in [7, 11) is 0. The summed E-state index contributed by atoms with van der Waals surface area (Å²) in [5.74, 6) is 1.37. The molecular formula is C22H24N2O2. The number of fused-ring (bicyclic) bond motifs is 1. The van der Waals surface area contributed by atoms with Crippen molar-refractivity contribution in [2.24, 2.45) is 5.92 Å². The summed E-state index contributed by atoms with van der Waals surface area (Å²) in [4.78, 5) is 16.0. The first-order valence-electron chi connectivity index (χ1n) is 9.33. The quantitative estimate of drug-likeness (QED) is 0.668. The molecule has 1 heterocycles. The van der Waals surface area contributed by atoms with Gasteiger partial charge in [-0.15, -0.1) is 0 Å². The zero-order valence-electron chi connectivity index (χ0n) is 15.0. The second kappa shape index (κ2) is 7.24. The molecule has 0 aliphatic heterocycles. The molecule has 1 atom stereocenters. The molecule has 4 heteroatoms. The normalized spacial score (nSPS) is 15.0. The second-order valence-corrected chi connectivity index (χ2v) is 6.97. The van der Waals surface area contributed by atoms with Crippen LogP contribution >= 0.6 is 0 Å². The molecule has 26 heavy (non-hydrogen) atoms. The van der Waals surface area contributed by atoms with E-state index in [4.69, 9.17) is 4.74 Å². The molecule has 134 valence electrons. The zero-order chi connectivity index (χ0) is 17.9. The van der Waals surface area contributed by atoms with E-state index in [1.54, 1.807) is 0 Å². The highest BCUT2D eigenvalue weighted by Crippen LogP contribution is 2.34. The molecule has 2 N–H and O–H groups in total. The van der Waals surface area contributed by atoms with Crippen LogP contribution in [0.15, 0.2) is 54.6 Å². The Labute approximate surface area is 153 Å². The lowest BCUT2D eigenvalue weighted by atomic mass is 10.0. The van der Waals surface area contributed by atoms with Crippen LogP contribution in [0.25, 0.3) is 10.9 Å². The molecule has 1 aliphatic rings. The van der Waals surface area contributed by atoms with Gasteiger partial charge in [0.2, 0.25) is 0 Å². The fourth-order valence-electron chi connectivity index (χ4n) is 3.43. The number of H-pyrrole nitrogens is 1. The Hall–Kier alpha value is -2.75. The van der Waals surface area contributed by atoms with E-state index in [0.717, 1.165) is 23.1 Å². The molecule has 1 fully saturated rings. The predicted molar refractivity (Wildman–Crippen MR) is 104 cm³/mol. The Balaban J connectivity index is 1.50. The van der Waals surface area contributed by atoms with E-state index < -0.39 is 0 Å². The molecule has 1 aromatic heterocycles. The van der Waals surface area contributed by atoms with Gasteiger partial charge in [0.25, 0.3) is 5.91 Å². The van der Waals surface area contributed by atoms with E-state index in [9.17, 15) is 4.79 Å². The number of rotatable bonds is 7. The van der Waals surface area contributed by atoms with Crippen molar-refractivity contribution in [3.63, 3.8) is 0 Å². The highest BCUT2D eigenvalue weighted by atomic mass is 16.5.